The van der Waals surface area contributed by atoms with E-state index in [1.54, 1.807) is 12.4 Å². The zero-order valence-corrected chi connectivity index (χ0v) is 24.4. The predicted molar refractivity (Wildman–Crippen MR) is 136 cm³/mol. The Bertz CT molecular complexity index is 711. The van der Waals surface area contributed by atoms with E-state index in [-0.39, 0.29) is 52.3 Å². The molecule has 0 aliphatic rings. The summed E-state index contributed by atoms with van der Waals surface area (Å²) in [6.45, 7) is 9.90. The van der Waals surface area contributed by atoms with E-state index in [0.29, 0.717) is 0 Å². The van der Waals surface area contributed by atoms with Crippen molar-refractivity contribution in [3.63, 3.8) is 0 Å². The van der Waals surface area contributed by atoms with Crippen molar-refractivity contribution in [3.8, 4) is 0 Å². The molecule has 37 heavy (non-hydrogen) atoms. The van der Waals surface area contributed by atoms with Gasteiger partial charge in [0.25, 0.3) is 0 Å². The summed E-state index contributed by atoms with van der Waals surface area (Å²) in [6.07, 6.45) is 29.3. The molecule has 0 saturated carbocycles. The second-order valence-electron chi connectivity index (χ2n) is 7.17. The van der Waals surface area contributed by atoms with E-state index in [0.717, 1.165) is 19.6 Å². The summed E-state index contributed by atoms with van der Waals surface area (Å²) < 4.78 is 6.30. The average Bonchev–Trinajstić information content (AvgIpc) is 3.64. The van der Waals surface area contributed by atoms with Gasteiger partial charge in [0.05, 0.1) is 19.0 Å². The monoisotopic (exact) mass is 603 g/mol. The summed E-state index contributed by atoms with van der Waals surface area (Å²) in [5.41, 5.74) is 0. The molecule has 0 aliphatic heterocycles. The predicted octanol–water partition coefficient (Wildman–Crippen LogP) is -2.56. The van der Waals surface area contributed by atoms with Gasteiger partial charge in [-0.1, -0.05) is 58.8 Å². The molecule has 0 unspecified atom stereocenters. The fourth-order valence-electron chi connectivity index (χ4n) is 2.47. The Morgan fingerprint density at radius 3 is 1.08 bits per heavy atom. The summed E-state index contributed by atoms with van der Waals surface area (Å²) in [5.74, 6) is 0. The minimum atomic E-state index is 0. The molecule has 4 aromatic heterocycles. The Hall–Kier alpha value is -2.17. The molecule has 0 saturated heterocycles. The quantitative estimate of drug-likeness (QED) is 0.193. The maximum atomic E-state index is 3.94. The molecule has 4 aromatic rings. The van der Waals surface area contributed by atoms with E-state index >= 15 is 0 Å². The molecular formula is C24H43Cl2N8NiO2. The summed E-state index contributed by atoms with van der Waals surface area (Å²) in [6, 6.07) is 0. The van der Waals surface area contributed by atoms with Crippen LogP contribution in [0.3, 0.4) is 0 Å². The van der Waals surface area contributed by atoms with Crippen LogP contribution in [0.5, 0.6) is 0 Å². The van der Waals surface area contributed by atoms with Crippen molar-refractivity contribution in [3.05, 3.63) is 74.9 Å². The van der Waals surface area contributed by atoms with Gasteiger partial charge >= 0.3 is 16.5 Å². The molecule has 0 amide bonds. The maximum absolute atomic E-state index is 3.94. The van der Waals surface area contributed by atoms with Crippen LogP contribution in [-0.4, -0.2) is 44.6 Å². The number of aromatic nitrogens is 8. The number of unbranched alkanes of at least 4 members (excludes halogenated alkanes) is 3. The minimum Gasteiger partial charge on any atom is -1.00 e. The first-order valence-electron chi connectivity index (χ1n) is 11.5. The number of aryl methyl sites for hydroxylation is 3. The van der Waals surface area contributed by atoms with Crippen molar-refractivity contribution in [1.82, 2.24) is 38.6 Å². The SMILES string of the molecule is CCCCn1ccnc1.CCCCn1ccnc1.CCCCn1ccnc1.O.O.[Cl-].[Cl-].[Ni+3].c1c[n-]cn1. The Morgan fingerprint density at radius 1 is 0.568 bits per heavy atom. The van der Waals surface area contributed by atoms with Gasteiger partial charge in [-0.25, -0.2) is 15.0 Å². The van der Waals surface area contributed by atoms with Crippen molar-refractivity contribution >= 4 is 0 Å². The molecule has 13 heteroatoms. The molecule has 0 spiro atoms. The zero-order chi connectivity index (χ0) is 23.1. The Kier molecular flexibility index (Phi) is 41.0. The topological polar surface area (TPSA) is 143 Å². The molecule has 10 nitrogen and oxygen atoms in total. The fraction of sp³-hybridized carbons (Fsp3) is 0.500. The van der Waals surface area contributed by atoms with Gasteiger partial charge in [0.2, 0.25) is 0 Å². The van der Waals surface area contributed by atoms with Crippen molar-refractivity contribution in [2.24, 2.45) is 0 Å². The van der Waals surface area contributed by atoms with Crippen LogP contribution in [0.4, 0.5) is 0 Å². The molecule has 4 rings (SSSR count). The van der Waals surface area contributed by atoms with Gasteiger partial charge in [0, 0.05) is 56.8 Å². The third-order valence-electron chi connectivity index (χ3n) is 4.36. The van der Waals surface area contributed by atoms with Crippen LogP contribution < -0.4 is 29.8 Å². The first-order valence-corrected chi connectivity index (χ1v) is 11.5. The number of rotatable bonds is 9. The molecule has 1 radical (unpaired) electrons. The molecule has 4 heterocycles. The fourth-order valence-corrected chi connectivity index (χ4v) is 2.47. The summed E-state index contributed by atoms with van der Waals surface area (Å²) in [5, 5.41) is 0. The van der Waals surface area contributed by atoms with Gasteiger partial charge in [-0.15, -0.1) is 0 Å². The number of hydrogen-bond acceptors (Lipinski definition) is 4. The smallest absolute Gasteiger partial charge is 1.00 e. The standard InChI is InChI=1S/3C7H12N2.C3H3N2.2ClH.Ni.2H2O/c3*1-2-3-5-9-6-4-8-7-9;1-2-5-3-4-1;;;;;/h3*4,6-7H,2-3,5H2,1H3;1-3H;2*1H;;2*1H2/q;;;-1;;;+3;;/p-2. The van der Waals surface area contributed by atoms with Crippen LogP contribution in [0.15, 0.2) is 74.9 Å². The van der Waals surface area contributed by atoms with Crippen LogP contribution >= 0.6 is 0 Å². The second kappa shape index (κ2) is 33.8. The first-order chi connectivity index (χ1) is 15.8. The minimum absolute atomic E-state index is 0. The Labute approximate surface area is 244 Å². The molecular weight excluding hydrogens is 562 g/mol. The van der Waals surface area contributed by atoms with Crippen molar-refractivity contribution in [1.29, 1.82) is 0 Å². The molecule has 0 bridgehead atoms. The third kappa shape index (κ3) is 26.7. The summed E-state index contributed by atoms with van der Waals surface area (Å²) >= 11 is 0. The van der Waals surface area contributed by atoms with E-state index in [1.165, 1.54) is 44.9 Å². The van der Waals surface area contributed by atoms with Crippen molar-refractivity contribution in [2.45, 2.75) is 78.9 Å². The van der Waals surface area contributed by atoms with Gasteiger partial charge < -0.3 is 59.4 Å². The normalized spacial score (nSPS) is 8.30. The molecule has 0 aromatic carbocycles. The zero-order valence-electron chi connectivity index (χ0n) is 21.9. The number of halogens is 2. The summed E-state index contributed by atoms with van der Waals surface area (Å²) in [4.78, 5) is 19.0. The van der Waals surface area contributed by atoms with E-state index in [2.05, 4.69) is 59.4 Å². The number of imidazole rings is 4. The maximum Gasteiger partial charge on any atom is 3.00 e. The molecule has 0 aliphatic carbocycles. The van der Waals surface area contributed by atoms with Crippen LogP contribution in [0.2, 0.25) is 0 Å². The van der Waals surface area contributed by atoms with Crippen molar-refractivity contribution in [2.75, 3.05) is 0 Å². The number of nitrogens with zero attached hydrogens (tertiary/aromatic N) is 8. The molecule has 215 valence electrons. The van der Waals surface area contributed by atoms with Crippen LogP contribution in [0, 0.1) is 0 Å². The van der Waals surface area contributed by atoms with Crippen LogP contribution in [0.1, 0.15) is 59.3 Å². The first kappa shape index (κ1) is 44.8. The van der Waals surface area contributed by atoms with Gasteiger partial charge in [0.1, 0.15) is 0 Å². The molecule has 0 fully saturated rings. The molecule has 0 atom stereocenters. The van der Waals surface area contributed by atoms with Gasteiger partial charge in [-0.3, -0.25) is 0 Å². The number of hydrogen-bond donors (Lipinski definition) is 0. The largest absolute Gasteiger partial charge is 3.00 e. The van der Waals surface area contributed by atoms with E-state index in [1.807, 2.05) is 56.2 Å². The van der Waals surface area contributed by atoms with E-state index in [4.69, 9.17) is 0 Å². The van der Waals surface area contributed by atoms with Crippen LogP contribution in [0.25, 0.3) is 0 Å². The summed E-state index contributed by atoms with van der Waals surface area (Å²) in [7, 11) is 0. The van der Waals surface area contributed by atoms with E-state index < -0.39 is 0 Å². The van der Waals surface area contributed by atoms with Crippen molar-refractivity contribution < 1.29 is 52.3 Å². The van der Waals surface area contributed by atoms with Crippen LogP contribution in [-0.2, 0) is 36.1 Å². The second-order valence-corrected chi connectivity index (χ2v) is 7.17. The molecule has 4 N–H and O–H groups in total. The average molecular weight is 605 g/mol. The van der Waals surface area contributed by atoms with Gasteiger partial charge in [-0.05, 0) is 19.3 Å². The Morgan fingerprint density at radius 2 is 0.919 bits per heavy atom. The Balaban J connectivity index is -0.000000120. The van der Waals surface area contributed by atoms with Gasteiger partial charge in [0.15, 0.2) is 0 Å². The third-order valence-corrected chi connectivity index (χ3v) is 4.36. The van der Waals surface area contributed by atoms with E-state index in [9.17, 15) is 0 Å². The van der Waals surface area contributed by atoms with Gasteiger partial charge in [-0.2, -0.15) is 0 Å².